The third-order valence-electron chi connectivity index (χ3n) is 3.12. The molecule has 5 nitrogen and oxygen atoms in total. The predicted octanol–water partition coefficient (Wildman–Crippen LogP) is 1.68. The van der Waals surface area contributed by atoms with E-state index >= 15 is 0 Å². The Hall–Kier alpha value is -1.59. The maximum absolute atomic E-state index is 11.8. The Morgan fingerprint density at radius 2 is 2.05 bits per heavy atom. The minimum absolute atomic E-state index is 0.145. The van der Waals surface area contributed by atoms with Gasteiger partial charge >= 0.3 is 5.97 Å². The number of carboxylic acid groups (broad SMARTS) is 1. The molecule has 1 unspecified atom stereocenters. The number of hydrogen-bond donors (Lipinski definition) is 2. The van der Waals surface area contributed by atoms with Crippen LogP contribution >= 0.6 is 11.6 Å². The van der Waals surface area contributed by atoms with Gasteiger partial charge in [0.05, 0.1) is 12.5 Å². The molecule has 1 atom stereocenters. The van der Waals surface area contributed by atoms with Crippen LogP contribution < -0.4 is 5.32 Å². The number of halogens is 1. The summed E-state index contributed by atoms with van der Waals surface area (Å²) in [4.78, 5) is 24.5. The van der Waals surface area contributed by atoms with Gasteiger partial charge in [0.25, 0.3) is 0 Å². The Labute approximate surface area is 116 Å². The van der Waals surface area contributed by atoms with Crippen molar-refractivity contribution in [3.05, 3.63) is 29.3 Å². The molecular weight excluding hydrogens is 268 g/mol. The first kappa shape index (κ1) is 13.8. The monoisotopic (exact) mass is 282 g/mol. The molecule has 0 aliphatic carbocycles. The summed E-state index contributed by atoms with van der Waals surface area (Å²) in [7, 11) is 0. The Bertz CT molecular complexity index is 475. The van der Waals surface area contributed by atoms with Gasteiger partial charge in [-0.2, -0.15) is 0 Å². The van der Waals surface area contributed by atoms with Crippen molar-refractivity contribution in [1.82, 2.24) is 4.90 Å². The van der Waals surface area contributed by atoms with Crippen LogP contribution in [0.5, 0.6) is 0 Å². The number of rotatable bonds is 4. The first-order valence-electron chi connectivity index (χ1n) is 6.05. The molecule has 6 heteroatoms. The molecule has 0 bridgehead atoms. The molecule has 1 aromatic carbocycles. The number of carbonyl (C=O) groups is 2. The van der Waals surface area contributed by atoms with Gasteiger partial charge in [0.2, 0.25) is 5.91 Å². The van der Waals surface area contributed by atoms with Crippen LogP contribution in [0.25, 0.3) is 0 Å². The zero-order valence-electron chi connectivity index (χ0n) is 10.3. The Kier molecular flexibility index (Phi) is 4.39. The molecule has 1 aromatic rings. The zero-order chi connectivity index (χ0) is 13.8. The summed E-state index contributed by atoms with van der Waals surface area (Å²) < 4.78 is 0. The first-order valence-corrected chi connectivity index (χ1v) is 6.43. The number of nitrogens with zero attached hydrogens (tertiary/aromatic N) is 1. The summed E-state index contributed by atoms with van der Waals surface area (Å²) in [6, 6.07) is 6.86. The van der Waals surface area contributed by atoms with E-state index in [4.69, 9.17) is 16.7 Å². The highest BCUT2D eigenvalue weighted by molar-refractivity contribution is 6.30. The minimum Gasteiger partial charge on any atom is -0.481 e. The van der Waals surface area contributed by atoms with Crippen LogP contribution in [0, 0.1) is 5.92 Å². The average molecular weight is 283 g/mol. The summed E-state index contributed by atoms with van der Waals surface area (Å²) in [5.74, 6) is -1.29. The third-order valence-corrected chi connectivity index (χ3v) is 3.37. The van der Waals surface area contributed by atoms with Crippen LogP contribution in [0.1, 0.15) is 6.42 Å². The van der Waals surface area contributed by atoms with E-state index in [1.807, 2.05) is 4.90 Å². The molecule has 1 amide bonds. The highest BCUT2D eigenvalue weighted by atomic mass is 35.5. The number of benzene rings is 1. The fraction of sp³-hybridized carbons (Fsp3) is 0.385. The lowest BCUT2D eigenvalue weighted by atomic mass is 10.1. The van der Waals surface area contributed by atoms with Gasteiger partial charge in [0.15, 0.2) is 0 Å². The van der Waals surface area contributed by atoms with Crippen molar-refractivity contribution in [3.63, 3.8) is 0 Å². The van der Waals surface area contributed by atoms with Crippen LogP contribution in [-0.4, -0.2) is 41.5 Å². The van der Waals surface area contributed by atoms with Crippen LogP contribution in [-0.2, 0) is 9.59 Å². The molecule has 1 aliphatic heterocycles. The third kappa shape index (κ3) is 3.94. The molecule has 19 heavy (non-hydrogen) atoms. The van der Waals surface area contributed by atoms with E-state index < -0.39 is 5.97 Å². The number of aliphatic carboxylic acids is 1. The van der Waals surface area contributed by atoms with Crippen LogP contribution in [0.3, 0.4) is 0 Å². The molecule has 2 rings (SSSR count). The minimum atomic E-state index is -0.791. The molecule has 0 aromatic heterocycles. The summed E-state index contributed by atoms with van der Waals surface area (Å²) in [6.07, 6.45) is 0.601. The predicted molar refractivity (Wildman–Crippen MR) is 72.3 cm³/mol. The molecule has 1 fully saturated rings. The molecule has 1 saturated heterocycles. The van der Waals surface area contributed by atoms with E-state index in [0.717, 1.165) is 0 Å². The number of carbonyl (C=O) groups excluding carboxylic acids is 1. The summed E-state index contributed by atoms with van der Waals surface area (Å²) >= 11 is 5.75. The van der Waals surface area contributed by atoms with E-state index in [9.17, 15) is 9.59 Å². The maximum Gasteiger partial charge on any atom is 0.307 e. The lowest BCUT2D eigenvalue weighted by Crippen LogP contribution is -2.32. The number of likely N-dealkylation sites (tertiary alicyclic amines) is 1. The van der Waals surface area contributed by atoms with E-state index in [-0.39, 0.29) is 18.4 Å². The standard InChI is InChI=1S/C13H15ClN2O3/c14-10-1-3-11(4-2-10)15-12(17)8-16-6-5-9(7-16)13(18)19/h1-4,9H,5-8H2,(H,15,17)(H,18,19). The van der Waals surface area contributed by atoms with Gasteiger partial charge in [-0.3, -0.25) is 14.5 Å². The molecule has 0 radical (unpaired) electrons. The molecule has 0 saturated carbocycles. The van der Waals surface area contributed by atoms with Gasteiger partial charge in [0, 0.05) is 17.3 Å². The van der Waals surface area contributed by atoms with Gasteiger partial charge in [0.1, 0.15) is 0 Å². The van der Waals surface area contributed by atoms with E-state index in [0.29, 0.717) is 30.2 Å². The Balaban J connectivity index is 1.82. The van der Waals surface area contributed by atoms with E-state index in [1.165, 1.54) is 0 Å². The highest BCUT2D eigenvalue weighted by Gasteiger charge is 2.28. The lowest BCUT2D eigenvalue weighted by Gasteiger charge is -2.14. The van der Waals surface area contributed by atoms with Crippen molar-refractivity contribution < 1.29 is 14.7 Å². The van der Waals surface area contributed by atoms with E-state index in [2.05, 4.69) is 5.32 Å². The van der Waals surface area contributed by atoms with Gasteiger partial charge in [-0.25, -0.2) is 0 Å². The largest absolute Gasteiger partial charge is 0.481 e. The molecular formula is C13H15ClN2O3. The molecule has 0 spiro atoms. The van der Waals surface area contributed by atoms with Gasteiger partial charge in [-0.05, 0) is 37.2 Å². The van der Waals surface area contributed by atoms with Crippen molar-refractivity contribution in [2.24, 2.45) is 5.92 Å². The normalized spacial score (nSPS) is 19.3. The Morgan fingerprint density at radius 3 is 2.63 bits per heavy atom. The topological polar surface area (TPSA) is 69.6 Å². The number of amides is 1. The van der Waals surface area contributed by atoms with E-state index in [1.54, 1.807) is 24.3 Å². The quantitative estimate of drug-likeness (QED) is 0.882. The summed E-state index contributed by atoms with van der Waals surface area (Å²) in [5, 5.41) is 12.3. The van der Waals surface area contributed by atoms with Crippen molar-refractivity contribution in [2.45, 2.75) is 6.42 Å². The fourth-order valence-corrected chi connectivity index (χ4v) is 2.24. The first-order chi connectivity index (χ1) is 9.04. The van der Waals surface area contributed by atoms with Gasteiger partial charge < -0.3 is 10.4 Å². The number of hydrogen-bond acceptors (Lipinski definition) is 3. The Morgan fingerprint density at radius 1 is 1.37 bits per heavy atom. The van der Waals surface area contributed by atoms with Crippen molar-refractivity contribution in [1.29, 1.82) is 0 Å². The van der Waals surface area contributed by atoms with Crippen molar-refractivity contribution in [3.8, 4) is 0 Å². The van der Waals surface area contributed by atoms with Crippen LogP contribution in [0.2, 0.25) is 5.02 Å². The SMILES string of the molecule is O=C(CN1CCC(C(=O)O)C1)Nc1ccc(Cl)cc1. The molecule has 102 valence electrons. The second kappa shape index (κ2) is 6.04. The summed E-state index contributed by atoms with van der Waals surface area (Å²) in [5.41, 5.74) is 0.684. The van der Waals surface area contributed by atoms with Gasteiger partial charge in [-0.15, -0.1) is 0 Å². The van der Waals surface area contributed by atoms with Crippen LogP contribution in [0.4, 0.5) is 5.69 Å². The molecule has 2 N–H and O–H groups in total. The fourth-order valence-electron chi connectivity index (χ4n) is 2.11. The van der Waals surface area contributed by atoms with Crippen molar-refractivity contribution >= 4 is 29.2 Å². The highest BCUT2D eigenvalue weighted by Crippen LogP contribution is 2.17. The van der Waals surface area contributed by atoms with Gasteiger partial charge in [-0.1, -0.05) is 11.6 Å². The average Bonchev–Trinajstić information content (AvgIpc) is 2.80. The van der Waals surface area contributed by atoms with Crippen LogP contribution in [0.15, 0.2) is 24.3 Å². The van der Waals surface area contributed by atoms with Crippen molar-refractivity contribution in [2.75, 3.05) is 25.0 Å². The second-order valence-corrected chi connectivity index (χ2v) is 5.05. The molecule has 1 aliphatic rings. The molecule has 1 heterocycles. The zero-order valence-corrected chi connectivity index (χ0v) is 11.1. The number of anilines is 1. The summed E-state index contributed by atoms with van der Waals surface area (Å²) in [6.45, 7) is 1.29. The smallest absolute Gasteiger partial charge is 0.307 e. The second-order valence-electron chi connectivity index (χ2n) is 4.61. The number of carboxylic acids is 1. The maximum atomic E-state index is 11.8. The lowest BCUT2D eigenvalue weighted by molar-refractivity contribution is -0.141. The number of nitrogens with one attached hydrogen (secondary N) is 1.